The zero-order valence-corrected chi connectivity index (χ0v) is 16.4. The van der Waals surface area contributed by atoms with Crippen molar-refractivity contribution in [3.8, 4) is 0 Å². The van der Waals surface area contributed by atoms with E-state index in [4.69, 9.17) is 0 Å². The molecule has 2 amide bonds. The van der Waals surface area contributed by atoms with Gasteiger partial charge in [0.05, 0.1) is 16.3 Å². The Labute approximate surface area is 166 Å². The Balaban J connectivity index is 1.46. The van der Waals surface area contributed by atoms with Gasteiger partial charge in [-0.05, 0) is 24.6 Å². The maximum Gasteiger partial charge on any atom is 0.416 e. The molecular formula is C19H23F3N4OS. The number of aromatic nitrogens is 1. The molecule has 2 aromatic rings. The summed E-state index contributed by atoms with van der Waals surface area (Å²) in [4.78, 5) is 20.4. The van der Waals surface area contributed by atoms with Crippen molar-refractivity contribution in [3.63, 3.8) is 0 Å². The Morgan fingerprint density at radius 2 is 2.00 bits per heavy atom. The largest absolute Gasteiger partial charge is 0.416 e. The second-order valence-corrected chi connectivity index (χ2v) is 7.53. The molecule has 28 heavy (non-hydrogen) atoms. The number of piperazine rings is 1. The highest BCUT2D eigenvalue weighted by Gasteiger charge is 2.31. The normalized spacial score (nSPS) is 15.0. The number of urea groups is 1. The van der Waals surface area contributed by atoms with Crippen LogP contribution in [0.4, 0.5) is 23.7 Å². The first kappa shape index (κ1) is 20.4. The first-order valence-electron chi connectivity index (χ1n) is 9.25. The first-order valence-corrected chi connectivity index (χ1v) is 10.1. The molecule has 9 heteroatoms. The highest BCUT2D eigenvalue weighted by Crippen LogP contribution is 2.31. The van der Waals surface area contributed by atoms with Crippen molar-refractivity contribution in [2.75, 3.05) is 37.6 Å². The minimum atomic E-state index is -4.35. The van der Waals surface area contributed by atoms with Gasteiger partial charge in [-0.25, -0.2) is 9.78 Å². The highest BCUT2D eigenvalue weighted by molar-refractivity contribution is 7.09. The Kier molecular flexibility index (Phi) is 6.43. The van der Waals surface area contributed by atoms with Gasteiger partial charge < -0.3 is 15.1 Å². The summed E-state index contributed by atoms with van der Waals surface area (Å²) in [6.45, 7) is 4.52. The summed E-state index contributed by atoms with van der Waals surface area (Å²) in [5.74, 6) is 0. The number of rotatable bonds is 5. The van der Waals surface area contributed by atoms with Crippen LogP contribution < -0.4 is 10.2 Å². The third-order valence-electron chi connectivity index (χ3n) is 4.66. The molecule has 1 N–H and O–H groups in total. The van der Waals surface area contributed by atoms with Gasteiger partial charge in [0.2, 0.25) is 0 Å². The molecule has 0 saturated carbocycles. The van der Waals surface area contributed by atoms with Gasteiger partial charge in [0.15, 0.2) is 0 Å². The molecule has 1 fully saturated rings. The zero-order chi connectivity index (χ0) is 20.1. The third-order valence-corrected chi connectivity index (χ3v) is 5.71. The maximum absolute atomic E-state index is 12.9. The maximum atomic E-state index is 12.9. The van der Waals surface area contributed by atoms with Gasteiger partial charge in [0, 0.05) is 50.2 Å². The van der Waals surface area contributed by atoms with Gasteiger partial charge >= 0.3 is 12.2 Å². The molecule has 0 bridgehead atoms. The average Bonchev–Trinajstić information content (AvgIpc) is 3.15. The number of nitrogens with one attached hydrogen (secondary N) is 1. The van der Waals surface area contributed by atoms with Crippen LogP contribution in [-0.2, 0) is 19.0 Å². The molecule has 1 aliphatic rings. The summed E-state index contributed by atoms with van der Waals surface area (Å²) in [6, 6.07) is 5.17. The van der Waals surface area contributed by atoms with E-state index in [0.717, 1.165) is 29.3 Å². The second kappa shape index (κ2) is 8.81. The molecule has 0 atom stereocenters. The first-order chi connectivity index (χ1) is 13.4. The number of halogens is 3. The van der Waals surface area contributed by atoms with Gasteiger partial charge in [-0.1, -0.05) is 13.0 Å². The molecule has 1 aromatic carbocycles. The van der Waals surface area contributed by atoms with Crippen LogP contribution in [-0.4, -0.2) is 48.6 Å². The summed E-state index contributed by atoms with van der Waals surface area (Å²) in [7, 11) is 0. The zero-order valence-electron chi connectivity index (χ0n) is 15.6. The van der Waals surface area contributed by atoms with Crippen molar-refractivity contribution >= 4 is 23.1 Å². The number of hydrogen-bond acceptors (Lipinski definition) is 4. The quantitative estimate of drug-likeness (QED) is 0.813. The highest BCUT2D eigenvalue weighted by atomic mass is 32.1. The monoisotopic (exact) mass is 412 g/mol. The number of carbonyl (C=O) groups is 1. The van der Waals surface area contributed by atoms with Gasteiger partial charge in [-0.2, -0.15) is 13.2 Å². The molecule has 0 unspecified atom stereocenters. The van der Waals surface area contributed by atoms with E-state index >= 15 is 0 Å². The van der Waals surface area contributed by atoms with Crippen molar-refractivity contribution in [3.05, 3.63) is 45.9 Å². The number of hydrogen-bond donors (Lipinski definition) is 1. The van der Waals surface area contributed by atoms with Crippen molar-refractivity contribution in [2.24, 2.45) is 0 Å². The van der Waals surface area contributed by atoms with Gasteiger partial charge in [0.1, 0.15) is 0 Å². The summed E-state index contributed by atoms with van der Waals surface area (Å²) in [5.41, 5.74) is 0.861. The second-order valence-electron chi connectivity index (χ2n) is 6.59. The number of benzene rings is 1. The van der Waals surface area contributed by atoms with Crippen LogP contribution in [0, 0.1) is 0 Å². The topological polar surface area (TPSA) is 48.5 Å². The molecule has 152 valence electrons. The standard InChI is InChI=1S/C19H23F3N4OS/c1-2-17-24-15(13-28-17)6-7-23-18(27)26-10-8-25(9-11-26)16-5-3-4-14(12-16)19(20,21)22/h3-5,12-13H,2,6-11H2,1H3,(H,23,27). The lowest BCUT2D eigenvalue weighted by molar-refractivity contribution is -0.137. The Morgan fingerprint density at radius 1 is 1.25 bits per heavy atom. The minimum absolute atomic E-state index is 0.144. The average molecular weight is 412 g/mol. The number of aryl methyl sites for hydroxylation is 1. The fourth-order valence-electron chi connectivity index (χ4n) is 3.08. The van der Waals surface area contributed by atoms with E-state index in [1.54, 1.807) is 22.3 Å². The van der Waals surface area contributed by atoms with Crippen LogP contribution in [0.1, 0.15) is 23.2 Å². The third kappa shape index (κ3) is 5.15. The predicted octanol–water partition coefficient (Wildman–Crippen LogP) is 3.80. The Bertz CT molecular complexity index is 800. The number of anilines is 1. The fourth-order valence-corrected chi connectivity index (χ4v) is 3.86. The van der Waals surface area contributed by atoms with Crippen LogP contribution in [0.5, 0.6) is 0 Å². The summed E-state index contributed by atoms with van der Waals surface area (Å²) >= 11 is 1.63. The number of thiazole rings is 1. The van der Waals surface area contributed by atoms with E-state index in [0.29, 0.717) is 44.8 Å². The van der Waals surface area contributed by atoms with Crippen molar-refractivity contribution in [1.29, 1.82) is 0 Å². The number of carbonyl (C=O) groups excluding carboxylic acids is 1. The molecule has 0 aliphatic carbocycles. The number of nitrogens with zero attached hydrogens (tertiary/aromatic N) is 3. The SMILES string of the molecule is CCc1nc(CCNC(=O)N2CCN(c3cccc(C(F)(F)F)c3)CC2)cs1. The summed E-state index contributed by atoms with van der Waals surface area (Å²) < 4.78 is 38.6. The van der Waals surface area contributed by atoms with Crippen LogP contribution >= 0.6 is 11.3 Å². The smallest absolute Gasteiger partial charge is 0.368 e. The lowest BCUT2D eigenvalue weighted by atomic mass is 10.1. The van der Waals surface area contributed by atoms with Crippen molar-refractivity contribution < 1.29 is 18.0 Å². The van der Waals surface area contributed by atoms with Gasteiger partial charge in [-0.3, -0.25) is 0 Å². The molecule has 1 saturated heterocycles. The van der Waals surface area contributed by atoms with Crippen LogP contribution in [0.3, 0.4) is 0 Å². The molecule has 1 aliphatic heterocycles. The van der Waals surface area contributed by atoms with E-state index in [1.165, 1.54) is 6.07 Å². The van der Waals surface area contributed by atoms with Gasteiger partial charge in [-0.15, -0.1) is 11.3 Å². The van der Waals surface area contributed by atoms with Crippen LogP contribution in [0.2, 0.25) is 0 Å². The lowest BCUT2D eigenvalue weighted by Crippen LogP contribution is -2.52. The molecule has 0 radical (unpaired) electrons. The molecule has 3 rings (SSSR count). The number of alkyl halides is 3. The Morgan fingerprint density at radius 3 is 2.64 bits per heavy atom. The molecule has 0 spiro atoms. The van der Waals surface area contributed by atoms with Gasteiger partial charge in [0.25, 0.3) is 0 Å². The van der Waals surface area contributed by atoms with Crippen molar-refractivity contribution in [2.45, 2.75) is 25.9 Å². The van der Waals surface area contributed by atoms with E-state index in [1.807, 2.05) is 10.3 Å². The molecule has 1 aromatic heterocycles. The predicted molar refractivity (Wildman–Crippen MR) is 104 cm³/mol. The summed E-state index contributed by atoms with van der Waals surface area (Å²) in [5, 5.41) is 6.00. The van der Waals surface area contributed by atoms with E-state index in [2.05, 4.69) is 17.2 Å². The van der Waals surface area contributed by atoms with E-state index in [-0.39, 0.29) is 6.03 Å². The minimum Gasteiger partial charge on any atom is -0.368 e. The fraction of sp³-hybridized carbons (Fsp3) is 0.474. The van der Waals surface area contributed by atoms with E-state index in [9.17, 15) is 18.0 Å². The number of amides is 2. The summed E-state index contributed by atoms with van der Waals surface area (Å²) in [6.07, 6.45) is -2.76. The Hall–Kier alpha value is -2.29. The van der Waals surface area contributed by atoms with E-state index < -0.39 is 11.7 Å². The van der Waals surface area contributed by atoms with Crippen molar-refractivity contribution in [1.82, 2.24) is 15.2 Å². The molecular weight excluding hydrogens is 389 g/mol. The van der Waals surface area contributed by atoms with Crippen LogP contribution in [0.15, 0.2) is 29.6 Å². The molecule has 5 nitrogen and oxygen atoms in total. The van der Waals surface area contributed by atoms with Crippen LogP contribution in [0.25, 0.3) is 0 Å². The molecule has 2 heterocycles. The lowest BCUT2D eigenvalue weighted by Gasteiger charge is -2.36.